The third-order valence-electron chi connectivity index (χ3n) is 3.04. The highest BCUT2D eigenvalue weighted by Gasteiger charge is 2.21. The molecule has 0 bridgehead atoms. The molecule has 100 valence electrons. The summed E-state index contributed by atoms with van der Waals surface area (Å²) < 4.78 is 0. The van der Waals surface area contributed by atoms with E-state index in [2.05, 4.69) is 37.1 Å². The van der Waals surface area contributed by atoms with Crippen molar-refractivity contribution in [3.8, 4) is 6.07 Å². The molecule has 1 atom stereocenters. The second-order valence-corrected chi connectivity index (χ2v) is 4.92. The van der Waals surface area contributed by atoms with Gasteiger partial charge >= 0.3 is 0 Å². The van der Waals surface area contributed by atoms with E-state index in [1.807, 2.05) is 6.92 Å². The average Bonchev–Trinajstić information content (AvgIpc) is 2.30. The smallest absolute Gasteiger partial charge is 0.103 e. The van der Waals surface area contributed by atoms with Crippen molar-refractivity contribution in [2.24, 2.45) is 0 Å². The van der Waals surface area contributed by atoms with Gasteiger partial charge in [-0.25, -0.2) is 0 Å². The molecule has 0 aromatic carbocycles. The van der Waals surface area contributed by atoms with Crippen molar-refractivity contribution in [3.05, 3.63) is 0 Å². The van der Waals surface area contributed by atoms with Crippen molar-refractivity contribution in [1.82, 2.24) is 10.2 Å². The van der Waals surface area contributed by atoms with Crippen molar-refractivity contribution in [2.75, 3.05) is 26.2 Å². The number of nitrogens with zero attached hydrogens (tertiary/aromatic N) is 2. The van der Waals surface area contributed by atoms with Crippen LogP contribution in [0.3, 0.4) is 0 Å². The molecule has 0 heterocycles. The fourth-order valence-electron chi connectivity index (χ4n) is 2.20. The van der Waals surface area contributed by atoms with Crippen molar-refractivity contribution < 1.29 is 0 Å². The molecule has 17 heavy (non-hydrogen) atoms. The minimum absolute atomic E-state index is 0.348. The van der Waals surface area contributed by atoms with Gasteiger partial charge in [-0.1, -0.05) is 20.8 Å². The largest absolute Gasteiger partial charge is 0.303 e. The Bertz CT molecular complexity index is 216. The summed E-state index contributed by atoms with van der Waals surface area (Å²) in [5, 5.41) is 12.4. The number of hydrogen-bond acceptors (Lipinski definition) is 3. The molecule has 0 aliphatic heterocycles. The summed E-state index contributed by atoms with van der Waals surface area (Å²) in [5.74, 6) is 0. The first-order valence-electron chi connectivity index (χ1n) is 7.00. The van der Waals surface area contributed by atoms with Crippen molar-refractivity contribution in [3.63, 3.8) is 0 Å². The van der Waals surface area contributed by atoms with Crippen LogP contribution < -0.4 is 5.32 Å². The summed E-state index contributed by atoms with van der Waals surface area (Å²) in [6.07, 6.45) is 4.45. The minimum Gasteiger partial charge on any atom is -0.303 e. The van der Waals surface area contributed by atoms with Crippen molar-refractivity contribution in [1.29, 1.82) is 5.26 Å². The van der Waals surface area contributed by atoms with E-state index in [0.717, 1.165) is 25.9 Å². The lowest BCUT2D eigenvalue weighted by Gasteiger charge is -2.25. The maximum atomic E-state index is 9.16. The van der Waals surface area contributed by atoms with Crippen molar-refractivity contribution in [2.45, 2.75) is 58.9 Å². The van der Waals surface area contributed by atoms with Crippen LogP contribution in [0.15, 0.2) is 0 Å². The summed E-state index contributed by atoms with van der Waals surface area (Å²) in [6.45, 7) is 12.8. The number of nitrogens with one attached hydrogen (secondary N) is 1. The Kier molecular flexibility index (Phi) is 9.11. The monoisotopic (exact) mass is 239 g/mol. The van der Waals surface area contributed by atoms with Crippen LogP contribution in [0.1, 0.15) is 53.4 Å². The van der Waals surface area contributed by atoms with Crippen LogP contribution in [0, 0.1) is 11.3 Å². The van der Waals surface area contributed by atoms with E-state index < -0.39 is 0 Å². The van der Waals surface area contributed by atoms with Crippen LogP contribution in [0.25, 0.3) is 0 Å². The summed E-state index contributed by atoms with van der Waals surface area (Å²) in [4.78, 5) is 2.50. The van der Waals surface area contributed by atoms with E-state index in [9.17, 15) is 0 Å². The Morgan fingerprint density at radius 1 is 1.12 bits per heavy atom. The van der Waals surface area contributed by atoms with Gasteiger partial charge in [0.1, 0.15) is 5.54 Å². The van der Waals surface area contributed by atoms with Gasteiger partial charge in [-0.3, -0.25) is 5.32 Å². The van der Waals surface area contributed by atoms with Gasteiger partial charge in [0.05, 0.1) is 6.07 Å². The third kappa shape index (κ3) is 7.36. The molecule has 0 aromatic heterocycles. The fourth-order valence-corrected chi connectivity index (χ4v) is 2.20. The van der Waals surface area contributed by atoms with Crippen LogP contribution in [-0.4, -0.2) is 36.6 Å². The lowest BCUT2D eigenvalue weighted by Crippen LogP contribution is -2.41. The molecule has 0 aliphatic carbocycles. The van der Waals surface area contributed by atoms with Gasteiger partial charge in [0.25, 0.3) is 0 Å². The molecule has 0 spiro atoms. The van der Waals surface area contributed by atoms with Gasteiger partial charge in [-0.2, -0.15) is 5.26 Å². The maximum absolute atomic E-state index is 9.16. The van der Waals surface area contributed by atoms with E-state index in [0.29, 0.717) is 0 Å². The Balaban J connectivity index is 3.96. The van der Waals surface area contributed by atoms with Gasteiger partial charge in [-0.15, -0.1) is 0 Å². The van der Waals surface area contributed by atoms with E-state index in [4.69, 9.17) is 5.26 Å². The first-order valence-corrected chi connectivity index (χ1v) is 7.00. The van der Waals surface area contributed by atoms with Gasteiger partial charge < -0.3 is 4.90 Å². The van der Waals surface area contributed by atoms with Gasteiger partial charge in [0, 0.05) is 0 Å². The molecule has 1 N–H and O–H groups in total. The second-order valence-electron chi connectivity index (χ2n) is 4.92. The SMILES string of the molecule is CCCN(CCC)CCCC(C)(C#N)NCC. The zero-order valence-electron chi connectivity index (χ0n) is 12.1. The fraction of sp³-hybridized carbons (Fsp3) is 0.929. The molecule has 0 saturated carbocycles. The quantitative estimate of drug-likeness (QED) is 0.637. The number of nitriles is 1. The van der Waals surface area contributed by atoms with E-state index >= 15 is 0 Å². The molecule has 0 radical (unpaired) electrons. The summed E-state index contributed by atoms with van der Waals surface area (Å²) in [5.41, 5.74) is -0.348. The molecule has 0 aromatic rings. The van der Waals surface area contributed by atoms with E-state index in [1.54, 1.807) is 0 Å². The highest BCUT2D eigenvalue weighted by molar-refractivity contribution is 5.03. The van der Waals surface area contributed by atoms with Crippen LogP contribution >= 0.6 is 0 Å². The Morgan fingerprint density at radius 3 is 2.12 bits per heavy atom. The van der Waals surface area contributed by atoms with E-state index in [-0.39, 0.29) is 5.54 Å². The summed E-state index contributed by atoms with van der Waals surface area (Å²) in [6, 6.07) is 2.39. The summed E-state index contributed by atoms with van der Waals surface area (Å²) in [7, 11) is 0. The molecule has 0 rings (SSSR count). The van der Waals surface area contributed by atoms with Crippen LogP contribution in [0.2, 0.25) is 0 Å². The van der Waals surface area contributed by atoms with Crippen LogP contribution in [0.4, 0.5) is 0 Å². The Hall–Kier alpha value is -0.590. The molecule has 0 fully saturated rings. The predicted octanol–water partition coefficient (Wildman–Crippen LogP) is 2.78. The first-order chi connectivity index (χ1) is 8.11. The molecule has 3 nitrogen and oxygen atoms in total. The van der Waals surface area contributed by atoms with Gasteiger partial charge in [0.2, 0.25) is 0 Å². The standard InChI is InChI=1S/C14H29N3/c1-5-10-17(11-6-2)12-8-9-14(4,13-15)16-7-3/h16H,5-12H2,1-4H3. The van der Waals surface area contributed by atoms with Gasteiger partial charge in [-0.05, 0) is 58.8 Å². The van der Waals surface area contributed by atoms with Crippen LogP contribution in [0.5, 0.6) is 0 Å². The van der Waals surface area contributed by atoms with E-state index in [1.165, 1.54) is 25.9 Å². The highest BCUT2D eigenvalue weighted by atomic mass is 15.1. The molecular weight excluding hydrogens is 210 g/mol. The molecule has 0 aliphatic rings. The van der Waals surface area contributed by atoms with Crippen molar-refractivity contribution >= 4 is 0 Å². The lowest BCUT2D eigenvalue weighted by molar-refractivity contribution is 0.258. The second kappa shape index (κ2) is 9.44. The molecule has 1 unspecified atom stereocenters. The minimum atomic E-state index is -0.348. The first kappa shape index (κ1) is 16.4. The van der Waals surface area contributed by atoms with Gasteiger partial charge in [0.15, 0.2) is 0 Å². The Labute approximate surface area is 107 Å². The zero-order valence-corrected chi connectivity index (χ0v) is 12.1. The number of hydrogen-bond donors (Lipinski definition) is 1. The third-order valence-corrected chi connectivity index (χ3v) is 3.04. The predicted molar refractivity (Wildman–Crippen MR) is 74.0 cm³/mol. The highest BCUT2D eigenvalue weighted by Crippen LogP contribution is 2.11. The number of rotatable bonds is 10. The Morgan fingerprint density at radius 2 is 1.71 bits per heavy atom. The molecule has 0 saturated heterocycles. The summed E-state index contributed by atoms with van der Waals surface area (Å²) >= 11 is 0. The topological polar surface area (TPSA) is 39.1 Å². The molecule has 3 heteroatoms. The average molecular weight is 239 g/mol. The molecular formula is C14H29N3. The zero-order chi connectivity index (χ0) is 13.1. The maximum Gasteiger partial charge on any atom is 0.103 e. The van der Waals surface area contributed by atoms with Crippen LogP contribution in [-0.2, 0) is 0 Å². The lowest BCUT2D eigenvalue weighted by atomic mass is 9.97. The normalized spacial score (nSPS) is 14.6. The molecule has 0 amide bonds.